The average molecular weight is 286 g/mol. The van der Waals surface area contributed by atoms with Crippen LogP contribution in [0.4, 0.5) is 5.95 Å². The van der Waals surface area contributed by atoms with Gasteiger partial charge in [-0.1, -0.05) is 36.5 Å². The highest BCUT2D eigenvalue weighted by atomic mass is 15.6. The van der Waals surface area contributed by atoms with Crippen molar-refractivity contribution < 1.29 is 0 Å². The van der Waals surface area contributed by atoms with Gasteiger partial charge in [0, 0.05) is 17.7 Å². The van der Waals surface area contributed by atoms with Crippen LogP contribution in [0, 0.1) is 5.41 Å². The number of nitrogens with zero attached hydrogens (tertiary/aromatic N) is 4. The Hall–Kier alpha value is -2.11. The summed E-state index contributed by atoms with van der Waals surface area (Å²) in [7, 11) is 0. The molecule has 1 aromatic rings. The molecule has 1 aromatic heterocycles. The molecule has 0 saturated carbocycles. The highest BCUT2D eigenvalue weighted by molar-refractivity contribution is 5.18. The lowest BCUT2D eigenvalue weighted by Gasteiger charge is -2.30. The summed E-state index contributed by atoms with van der Waals surface area (Å²) in [6.45, 7) is 4.09. The summed E-state index contributed by atoms with van der Waals surface area (Å²) in [5.41, 5.74) is 6.80. The van der Waals surface area contributed by atoms with Gasteiger partial charge in [0.15, 0.2) is 5.95 Å². The monoisotopic (exact) mass is 286 g/mol. The third kappa shape index (κ3) is 3.51. The summed E-state index contributed by atoms with van der Waals surface area (Å²) in [4.78, 5) is 7.05. The van der Waals surface area contributed by atoms with Crippen molar-refractivity contribution in [2.45, 2.75) is 32.2 Å². The van der Waals surface area contributed by atoms with Crippen molar-refractivity contribution in [1.82, 2.24) is 15.0 Å². The second kappa shape index (κ2) is 5.71. The Labute approximate surface area is 124 Å². The van der Waals surface area contributed by atoms with Gasteiger partial charge < -0.3 is 10.7 Å². The van der Waals surface area contributed by atoms with E-state index in [9.17, 15) is 0 Å². The molecule has 0 fully saturated rings. The highest BCUT2D eigenvalue weighted by Crippen LogP contribution is 2.29. The Morgan fingerprint density at radius 3 is 3.10 bits per heavy atom. The van der Waals surface area contributed by atoms with Gasteiger partial charge in [-0.15, -0.1) is 0 Å². The molecule has 0 spiro atoms. The molecule has 0 saturated heterocycles. The van der Waals surface area contributed by atoms with Crippen LogP contribution in [-0.2, 0) is 6.42 Å². The lowest BCUT2D eigenvalue weighted by atomic mass is 9.83. The van der Waals surface area contributed by atoms with Crippen LogP contribution in [0.5, 0.6) is 0 Å². The molecule has 6 nitrogen and oxygen atoms in total. The maximum atomic E-state index is 5.57. The van der Waals surface area contributed by atoms with Gasteiger partial charge in [-0.2, -0.15) is 5.11 Å². The average Bonchev–Trinajstić information content (AvgIpc) is 3.06. The highest BCUT2D eigenvalue weighted by Gasteiger charge is 2.28. The second-order valence-electron chi connectivity index (χ2n) is 6.18. The third-order valence-electron chi connectivity index (χ3n) is 4.03. The zero-order valence-corrected chi connectivity index (χ0v) is 12.4. The fourth-order valence-electron chi connectivity index (χ4n) is 2.84. The van der Waals surface area contributed by atoms with Crippen molar-refractivity contribution in [1.29, 1.82) is 0 Å². The van der Waals surface area contributed by atoms with Crippen LogP contribution in [0.15, 0.2) is 40.8 Å². The van der Waals surface area contributed by atoms with E-state index in [0.29, 0.717) is 5.95 Å². The number of aryl methyl sites for hydroxylation is 1. The predicted molar refractivity (Wildman–Crippen MR) is 82.5 cm³/mol. The van der Waals surface area contributed by atoms with Gasteiger partial charge in [0.2, 0.25) is 0 Å². The number of nitrogens with two attached hydrogens (primary N) is 1. The molecule has 0 aromatic carbocycles. The number of imidazole rings is 1. The van der Waals surface area contributed by atoms with Gasteiger partial charge in [-0.05, 0) is 19.3 Å². The molecule has 0 radical (unpaired) electrons. The fraction of sp³-hybridized carbons (Fsp3) is 0.533. The van der Waals surface area contributed by atoms with E-state index in [1.165, 1.54) is 0 Å². The number of rotatable bonds is 5. The number of allylic oxidation sites excluding steroid dienone is 3. The van der Waals surface area contributed by atoms with Gasteiger partial charge in [-0.3, -0.25) is 5.01 Å². The van der Waals surface area contributed by atoms with Crippen molar-refractivity contribution in [3.05, 3.63) is 36.2 Å². The standard InChI is InChI=1S/C15H22N6/c1-15(7-3-2-4-8-15)11-21-10-13(19-20-21)6-5-12-9-17-14(16)18-12/h2-4,7,9,13H,5-6,8,10-11H2,1H3,(H3,16,17,18). The molecular weight excluding hydrogens is 264 g/mol. The van der Waals surface area contributed by atoms with Crippen LogP contribution >= 0.6 is 0 Å². The van der Waals surface area contributed by atoms with Crippen LogP contribution < -0.4 is 5.73 Å². The van der Waals surface area contributed by atoms with Gasteiger partial charge in [-0.25, -0.2) is 4.98 Å². The van der Waals surface area contributed by atoms with Crippen molar-refractivity contribution in [2.24, 2.45) is 15.8 Å². The first-order valence-electron chi connectivity index (χ1n) is 7.42. The maximum absolute atomic E-state index is 5.57. The first kappa shape index (κ1) is 13.9. The molecule has 2 aliphatic rings. The van der Waals surface area contributed by atoms with Gasteiger partial charge >= 0.3 is 0 Å². The maximum Gasteiger partial charge on any atom is 0.197 e. The Balaban J connectivity index is 1.46. The van der Waals surface area contributed by atoms with Crippen LogP contribution in [-0.4, -0.2) is 34.1 Å². The zero-order valence-electron chi connectivity index (χ0n) is 12.4. The van der Waals surface area contributed by atoms with Crippen molar-refractivity contribution in [3.63, 3.8) is 0 Å². The second-order valence-corrected chi connectivity index (χ2v) is 6.18. The number of hydrogen-bond acceptors (Lipinski definition) is 5. The van der Waals surface area contributed by atoms with E-state index < -0.39 is 0 Å². The minimum absolute atomic E-state index is 0.167. The smallest absolute Gasteiger partial charge is 0.197 e. The van der Waals surface area contributed by atoms with Gasteiger partial charge in [0.1, 0.15) is 0 Å². The Morgan fingerprint density at radius 1 is 1.48 bits per heavy atom. The molecule has 3 rings (SSSR count). The Kier molecular flexibility index (Phi) is 3.77. The largest absolute Gasteiger partial charge is 0.369 e. The zero-order chi connectivity index (χ0) is 14.7. The summed E-state index contributed by atoms with van der Waals surface area (Å²) in [5.74, 6) is 0.477. The number of aromatic nitrogens is 2. The number of nitrogens with one attached hydrogen (secondary N) is 1. The Bertz CT molecular complexity index is 572. The fourth-order valence-corrected chi connectivity index (χ4v) is 2.84. The van der Waals surface area contributed by atoms with E-state index in [2.05, 4.69) is 56.5 Å². The van der Waals surface area contributed by atoms with Crippen molar-refractivity contribution in [3.8, 4) is 0 Å². The summed E-state index contributed by atoms with van der Waals surface area (Å²) in [5, 5.41) is 10.8. The van der Waals surface area contributed by atoms with E-state index in [0.717, 1.165) is 38.0 Å². The van der Waals surface area contributed by atoms with Crippen LogP contribution in [0.1, 0.15) is 25.5 Å². The third-order valence-corrected chi connectivity index (χ3v) is 4.03. The van der Waals surface area contributed by atoms with Crippen molar-refractivity contribution >= 4 is 5.95 Å². The molecular formula is C15H22N6. The Morgan fingerprint density at radius 2 is 2.38 bits per heavy atom. The first-order chi connectivity index (χ1) is 10.1. The van der Waals surface area contributed by atoms with Crippen LogP contribution in [0.2, 0.25) is 0 Å². The summed E-state index contributed by atoms with van der Waals surface area (Å²) in [6.07, 6.45) is 13.4. The number of nitrogen functional groups attached to an aromatic ring is 1. The van der Waals surface area contributed by atoms with Gasteiger partial charge in [0.05, 0.1) is 18.8 Å². The number of hydrogen-bond donors (Lipinski definition) is 2. The topological polar surface area (TPSA) is 82.7 Å². The van der Waals surface area contributed by atoms with Crippen molar-refractivity contribution in [2.75, 3.05) is 18.8 Å². The molecule has 112 valence electrons. The minimum atomic E-state index is 0.167. The minimum Gasteiger partial charge on any atom is -0.369 e. The lowest BCUT2D eigenvalue weighted by Crippen LogP contribution is -2.32. The van der Waals surface area contributed by atoms with E-state index in [1.54, 1.807) is 6.20 Å². The molecule has 3 N–H and O–H groups in total. The quantitative estimate of drug-likeness (QED) is 0.872. The molecule has 2 unspecified atom stereocenters. The van der Waals surface area contributed by atoms with Crippen LogP contribution in [0.25, 0.3) is 0 Å². The van der Waals surface area contributed by atoms with E-state index >= 15 is 0 Å². The summed E-state index contributed by atoms with van der Waals surface area (Å²) in [6, 6.07) is 0.265. The van der Waals surface area contributed by atoms with E-state index in [1.807, 2.05) is 0 Å². The van der Waals surface area contributed by atoms with E-state index in [4.69, 9.17) is 5.73 Å². The number of anilines is 1. The van der Waals surface area contributed by atoms with E-state index in [-0.39, 0.29) is 11.5 Å². The summed E-state index contributed by atoms with van der Waals surface area (Å²) >= 11 is 0. The molecule has 2 atom stereocenters. The molecule has 2 heterocycles. The molecule has 0 amide bonds. The number of aromatic amines is 1. The first-order valence-corrected chi connectivity index (χ1v) is 7.42. The predicted octanol–water partition coefficient (Wildman–Crippen LogP) is 2.50. The molecule has 1 aliphatic heterocycles. The lowest BCUT2D eigenvalue weighted by molar-refractivity contribution is 0.217. The molecule has 6 heteroatoms. The summed E-state index contributed by atoms with van der Waals surface area (Å²) < 4.78 is 0. The molecule has 0 bridgehead atoms. The van der Waals surface area contributed by atoms with Crippen LogP contribution in [0.3, 0.4) is 0 Å². The normalized spacial score (nSPS) is 27.7. The van der Waals surface area contributed by atoms with Gasteiger partial charge in [0.25, 0.3) is 0 Å². The number of H-pyrrole nitrogens is 1. The molecule has 1 aliphatic carbocycles. The molecule has 21 heavy (non-hydrogen) atoms. The SMILES string of the molecule is CC1(CN2CC(CCc3cnc(N)[nH]3)N=N2)C=CC=CC1.